The summed E-state index contributed by atoms with van der Waals surface area (Å²) in [6.07, 6.45) is 1.40. The smallest absolute Gasteiger partial charge is 0.331 e. The molecule has 9 heteroatoms. The fourth-order valence-corrected chi connectivity index (χ4v) is 2.98. The van der Waals surface area contributed by atoms with E-state index in [0.29, 0.717) is 12.2 Å². The second-order valence-electron chi connectivity index (χ2n) is 6.70. The molecule has 9 nitrogen and oxygen atoms in total. The first-order valence-electron chi connectivity index (χ1n) is 9.59. The molecule has 0 atom stereocenters. The van der Waals surface area contributed by atoms with Crippen LogP contribution in [0.15, 0.2) is 54.1 Å². The lowest BCUT2D eigenvalue weighted by Gasteiger charge is -2.13. The van der Waals surface area contributed by atoms with E-state index < -0.39 is 30.2 Å². The number of nitrogens with zero attached hydrogens (tertiary/aromatic N) is 2. The first kappa shape index (κ1) is 22.4. The third-order valence-corrected chi connectivity index (χ3v) is 4.55. The SMILES string of the molecule is COCCNC(=O)C(C#N)=Cc1ccc(OC(=O)CN2C(=O)c3ccccc3C2=O)cc1. The Labute approximate surface area is 183 Å². The molecule has 0 saturated heterocycles. The van der Waals surface area contributed by atoms with Gasteiger partial charge in [-0.2, -0.15) is 5.26 Å². The van der Waals surface area contributed by atoms with Gasteiger partial charge < -0.3 is 14.8 Å². The van der Waals surface area contributed by atoms with E-state index in [1.54, 1.807) is 24.3 Å². The number of imide groups is 1. The Morgan fingerprint density at radius 1 is 1.06 bits per heavy atom. The van der Waals surface area contributed by atoms with Gasteiger partial charge in [0.2, 0.25) is 0 Å². The van der Waals surface area contributed by atoms with Gasteiger partial charge in [-0.3, -0.25) is 19.3 Å². The van der Waals surface area contributed by atoms with Gasteiger partial charge in [0.1, 0.15) is 23.9 Å². The number of hydrogen-bond donors (Lipinski definition) is 1. The van der Waals surface area contributed by atoms with Crippen molar-refractivity contribution in [1.82, 2.24) is 10.2 Å². The van der Waals surface area contributed by atoms with E-state index in [4.69, 9.17) is 9.47 Å². The highest BCUT2D eigenvalue weighted by molar-refractivity contribution is 6.22. The summed E-state index contributed by atoms with van der Waals surface area (Å²) in [5, 5.41) is 11.7. The predicted octanol–water partition coefficient (Wildman–Crippen LogP) is 1.56. The Balaban J connectivity index is 1.60. The fourth-order valence-electron chi connectivity index (χ4n) is 2.98. The molecule has 0 spiro atoms. The van der Waals surface area contributed by atoms with E-state index in [0.717, 1.165) is 4.90 Å². The molecule has 1 aliphatic heterocycles. The molecule has 1 N–H and O–H groups in total. The number of ether oxygens (including phenoxy) is 2. The zero-order valence-electron chi connectivity index (χ0n) is 17.2. The molecule has 0 aromatic heterocycles. The van der Waals surface area contributed by atoms with E-state index in [-0.39, 0.29) is 29.0 Å². The monoisotopic (exact) mass is 433 g/mol. The van der Waals surface area contributed by atoms with Crippen molar-refractivity contribution in [1.29, 1.82) is 5.26 Å². The van der Waals surface area contributed by atoms with Crippen LogP contribution >= 0.6 is 0 Å². The highest BCUT2D eigenvalue weighted by Crippen LogP contribution is 2.22. The molecular formula is C23H19N3O6. The molecule has 162 valence electrons. The minimum Gasteiger partial charge on any atom is -0.425 e. The normalized spacial score (nSPS) is 12.9. The summed E-state index contributed by atoms with van der Waals surface area (Å²) in [7, 11) is 1.50. The van der Waals surface area contributed by atoms with Crippen molar-refractivity contribution in [2.75, 3.05) is 26.8 Å². The van der Waals surface area contributed by atoms with Gasteiger partial charge in [-0.1, -0.05) is 24.3 Å². The number of methoxy groups -OCH3 is 1. The maximum Gasteiger partial charge on any atom is 0.331 e. The van der Waals surface area contributed by atoms with Gasteiger partial charge in [0.15, 0.2) is 0 Å². The standard InChI is InChI=1S/C23H19N3O6/c1-31-11-10-25-21(28)16(13-24)12-15-6-8-17(9-7-15)32-20(27)14-26-22(29)18-4-2-3-5-19(18)23(26)30/h2-9,12H,10-11,14H2,1H3,(H,25,28). The Kier molecular flexibility index (Phi) is 7.10. The number of benzene rings is 2. The highest BCUT2D eigenvalue weighted by atomic mass is 16.5. The molecule has 0 unspecified atom stereocenters. The maximum atomic E-state index is 12.3. The van der Waals surface area contributed by atoms with Gasteiger partial charge >= 0.3 is 5.97 Å². The van der Waals surface area contributed by atoms with Crippen LogP contribution in [0.2, 0.25) is 0 Å². The van der Waals surface area contributed by atoms with Crippen LogP contribution in [0.3, 0.4) is 0 Å². The minimum atomic E-state index is -0.780. The van der Waals surface area contributed by atoms with Crippen molar-refractivity contribution >= 4 is 29.8 Å². The van der Waals surface area contributed by atoms with Gasteiger partial charge in [-0.15, -0.1) is 0 Å². The quantitative estimate of drug-likeness (QED) is 0.167. The predicted molar refractivity (Wildman–Crippen MR) is 112 cm³/mol. The van der Waals surface area contributed by atoms with E-state index in [2.05, 4.69) is 5.32 Å². The summed E-state index contributed by atoms with van der Waals surface area (Å²) >= 11 is 0. The molecule has 3 amide bonds. The second kappa shape index (κ2) is 10.1. The lowest BCUT2D eigenvalue weighted by molar-refractivity contribution is -0.134. The minimum absolute atomic E-state index is 0.0866. The number of carbonyl (C=O) groups excluding carboxylic acids is 4. The molecule has 0 bridgehead atoms. The lowest BCUT2D eigenvalue weighted by atomic mass is 10.1. The zero-order chi connectivity index (χ0) is 23.1. The van der Waals surface area contributed by atoms with Crippen molar-refractivity contribution in [2.45, 2.75) is 0 Å². The Morgan fingerprint density at radius 3 is 2.25 bits per heavy atom. The third-order valence-electron chi connectivity index (χ3n) is 4.55. The van der Waals surface area contributed by atoms with Gasteiger partial charge in [-0.05, 0) is 35.9 Å². The van der Waals surface area contributed by atoms with Gasteiger partial charge in [0.25, 0.3) is 17.7 Å². The number of nitrogens with one attached hydrogen (secondary N) is 1. The van der Waals surface area contributed by atoms with Crippen molar-refractivity contribution in [3.8, 4) is 11.8 Å². The molecule has 0 radical (unpaired) electrons. The van der Waals surface area contributed by atoms with Crippen molar-refractivity contribution in [3.63, 3.8) is 0 Å². The molecule has 2 aromatic carbocycles. The summed E-state index contributed by atoms with van der Waals surface area (Å²) in [5.74, 6) is -2.21. The number of carbonyl (C=O) groups is 4. The van der Waals surface area contributed by atoms with Crippen molar-refractivity contribution < 1.29 is 28.7 Å². The Bertz CT molecular complexity index is 1100. The Morgan fingerprint density at radius 2 is 1.69 bits per heavy atom. The number of fused-ring (bicyclic) bond motifs is 1. The lowest BCUT2D eigenvalue weighted by Crippen LogP contribution is -2.36. The van der Waals surface area contributed by atoms with Crippen LogP contribution in [0, 0.1) is 11.3 Å². The molecule has 0 fully saturated rings. The highest BCUT2D eigenvalue weighted by Gasteiger charge is 2.36. The van der Waals surface area contributed by atoms with Crippen molar-refractivity contribution in [2.24, 2.45) is 0 Å². The number of hydrogen-bond acceptors (Lipinski definition) is 7. The van der Waals surface area contributed by atoms with Crippen LogP contribution in [0.5, 0.6) is 5.75 Å². The largest absolute Gasteiger partial charge is 0.425 e. The maximum absolute atomic E-state index is 12.3. The van der Waals surface area contributed by atoms with Gasteiger partial charge in [0.05, 0.1) is 17.7 Å². The van der Waals surface area contributed by atoms with Crippen LogP contribution in [0.25, 0.3) is 6.08 Å². The van der Waals surface area contributed by atoms with E-state index in [9.17, 15) is 24.4 Å². The second-order valence-corrected chi connectivity index (χ2v) is 6.70. The number of nitriles is 1. The fraction of sp³-hybridized carbons (Fsp3) is 0.174. The van der Waals surface area contributed by atoms with Crippen LogP contribution < -0.4 is 10.1 Å². The van der Waals surface area contributed by atoms with Crippen LogP contribution in [-0.2, 0) is 14.3 Å². The summed E-state index contributed by atoms with van der Waals surface area (Å²) in [6, 6.07) is 14.2. The number of rotatable bonds is 8. The average Bonchev–Trinajstić information content (AvgIpc) is 3.03. The summed E-state index contributed by atoms with van der Waals surface area (Å²) < 4.78 is 10.0. The molecule has 0 aliphatic carbocycles. The van der Waals surface area contributed by atoms with Crippen LogP contribution in [0.1, 0.15) is 26.3 Å². The third kappa shape index (κ3) is 5.06. The summed E-state index contributed by atoms with van der Waals surface area (Å²) in [4.78, 5) is 49.7. The van der Waals surface area contributed by atoms with E-state index in [1.165, 1.54) is 37.5 Å². The topological polar surface area (TPSA) is 126 Å². The Hall–Kier alpha value is -4.29. The number of esters is 1. The average molecular weight is 433 g/mol. The zero-order valence-corrected chi connectivity index (χ0v) is 17.2. The molecule has 1 aliphatic rings. The van der Waals surface area contributed by atoms with E-state index in [1.807, 2.05) is 6.07 Å². The molecular weight excluding hydrogens is 414 g/mol. The molecule has 3 rings (SSSR count). The van der Waals surface area contributed by atoms with Crippen LogP contribution in [0.4, 0.5) is 0 Å². The molecule has 2 aromatic rings. The first-order valence-corrected chi connectivity index (χ1v) is 9.59. The molecule has 0 saturated carbocycles. The van der Waals surface area contributed by atoms with Crippen LogP contribution in [-0.4, -0.2) is 55.4 Å². The van der Waals surface area contributed by atoms with Gasteiger partial charge in [-0.25, -0.2) is 4.79 Å². The van der Waals surface area contributed by atoms with Crippen molar-refractivity contribution in [3.05, 3.63) is 70.8 Å². The first-order chi connectivity index (χ1) is 15.4. The summed E-state index contributed by atoms with van der Waals surface area (Å²) in [5.41, 5.74) is 0.960. The number of amides is 3. The summed E-state index contributed by atoms with van der Waals surface area (Å²) in [6.45, 7) is 0.0792. The molecule has 32 heavy (non-hydrogen) atoms. The van der Waals surface area contributed by atoms with E-state index >= 15 is 0 Å². The van der Waals surface area contributed by atoms with Gasteiger partial charge in [0, 0.05) is 13.7 Å². The molecule has 1 heterocycles.